The summed E-state index contributed by atoms with van der Waals surface area (Å²) < 4.78 is 4.49. The van der Waals surface area contributed by atoms with E-state index in [1.54, 1.807) is 0 Å². The zero-order valence-electron chi connectivity index (χ0n) is 12.3. The second-order valence-corrected chi connectivity index (χ2v) is 4.65. The normalized spacial score (nSPS) is 9.86. The summed E-state index contributed by atoms with van der Waals surface area (Å²) in [6, 6.07) is 17.2. The first-order chi connectivity index (χ1) is 10.7. The molecular formula is C17H18N2O3. The van der Waals surface area contributed by atoms with Crippen LogP contribution in [0.5, 0.6) is 0 Å². The SMILES string of the molecule is COC(=O)CCNC(=O)Nc1ccc(-c2ccccc2)cc1. The summed E-state index contributed by atoms with van der Waals surface area (Å²) >= 11 is 0. The Hall–Kier alpha value is -2.82. The Balaban J connectivity index is 1.86. The highest BCUT2D eigenvalue weighted by Gasteiger charge is 2.04. The first-order valence-corrected chi connectivity index (χ1v) is 6.96. The molecule has 2 rings (SSSR count). The minimum Gasteiger partial charge on any atom is -0.469 e. The number of benzene rings is 2. The zero-order valence-corrected chi connectivity index (χ0v) is 12.3. The van der Waals surface area contributed by atoms with Gasteiger partial charge in [0.15, 0.2) is 0 Å². The summed E-state index contributed by atoms with van der Waals surface area (Å²) in [6.45, 7) is 0.237. The number of hydrogen-bond acceptors (Lipinski definition) is 3. The van der Waals surface area contributed by atoms with E-state index < -0.39 is 0 Å². The van der Waals surface area contributed by atoms with Gasteiger partial charge in [0, 0.05) is 12.2 Å². The molecule has 0 saturated carbocycles. The topological polar surface area (TPSA) is 67.4 Å². The number of methoxy groups -OCH3 is 1. The largest absolute Gasteiger partial charge is 0.469 e. The molecular weight excluding hydrogens is 280 g/mol. The van der Waals surface area contributed by atoms with E-state index in [4.69, 9.17) is 0 Å². The average Bonchev–Trinajstić information content (AvgIpc) is 2.56. The summed E-state index contributed by atoms with van der Waals surface area (Å²) in [6.07, 6.45) is 0.150. The summed E-state index contributed by atoms with van der Waals surface area (Å²) in [4.78, 5) is 22.6. The van der Waals surface area contributed by atoms with Crippen molar-refractivity contribution in [3.63, 3.8) is 0 Å². The van der Waals surface area contributed by atoms with Crippen molar-refractivity contribution in [3.8, 4) is 11.1 Å². The second-order valence-electron chi connectivity index (χ2n) is 4.65. The standard InChI is InChI=1S/C17H18N2O3/c1-22-16(20)11-12-18-17(21)19-15-9-7-14(8-10-15)13-5-3-2-4-6-13/h2-10H,11-12H2,1H3,(H2,18,19,21). The van der Waals surface area contributed by atoms with Crippen molar-refractivity contribution >= 4 is 17.7 Å². The van der Waals surface area contributed by atoms with Crippen LogP contribution in [0.4, 0.5) is 10.5 Å². The van der Waals surface area contributed by atoms with Crippen LogP contribution in [0, 0.1) is 0 Å². The van der Waals surface area contributed by atoms with Crippen LogP contribution in [-0.4, -0.2) is 25.7 Å². The Bertz CT molecular complexity index is 624. The van der Waals surface area contributed by atoms with Gasteiger partial charge in [-0.1, -0.05) is 42.5 Å². The van der Waals surface area contributed by atoms with Crippen LogP contribution in [0.2, 0.25) is 0 Å². The molecule has 0 bridgehead atoms. The number of carbonyl (C=O) groups excluding carboxylic acids is 2. The van der Waals surface area contributed by atoms with Gasteiger partial charge in [-0.3, -0.25) is 4.79 Å². The van der Waals surface area contributed by atoms with Gasteiger partial charge in [0.05, 0.1) is 13.5 Å². The zero-order chi connectivity index (χ0) is 15.8. The highest BCUT2D eigenvalue weighted by atomic mass is 16.5. The van der Waals surface area contributed by atoms with Gasteiger partial charge in [0.25, 0.3) is 0 Å². The third-order valence-corrected chi connectivity index (χ3v) is 3.09. The molecule has 0 unspecified atom stereocenters. The van der Waals surface area contributed by atoms with Crippen molar-refractivity contribution in [1.29, 1.82) is 0 Å². The third-order valence-electron chi connectivity index (χ3n) is 3.09. The molecule has 0 aromatic heterocycles. The van der Waals surface area contributed by atoms with Crippen LogP contribution in [0.3, 0.4) is 0 Å². The number of esters is 1. The predicted molar refractivity (Wildman–Crippen MR) is 85.5 cm³/mol. The molecule has 0 spiro atoms. The highest BCUT2D eigenvalue weighted by molar-refractivity contribution is 5.89. The summed E-state index contributed by atoms with van der Waals surface area (Å²) in [5.41, 5.74) is 2.89. The molecule has 0 saturated heterocycles. The number of hydrogen-bond donors (Lipinski definition) is 2. The van der Waals surface area contributed by atoms with Crippen molar-refractivity contribution in [1.82, 2.24) is 5.32 Å². The van der Waals surface area contributed by atoms with Crippen LogP contribution in [0.15, 0.2) is 54.6 Å². The molecule has 2 amide bonds. The molecule has 5 heteroatoms. The molecule has 0 atom stereocenters. The van der Waals surface area contributed by atoms with Crippen molar-refractivity contribution in [2.45, 2.75) is 6.42 Å². The lowest BCUT2D eigenvalue weighted by Crippen LogP contribution is -2.30. The predicted octanol–water partition coefficient (Wildman–Crippen LogP) is 3.04. The first kappa shape index (κ1) is 15.6. The van der Waals surface area contributed by atoms with Crippen molar-refractivity contribution in [2.75, 3.05) is 19.0 Å². The van der Waals surface area contributed by atoms with Gasteiger partial charge in [0.2, 0.25) is 0 Å². The molecule has 114 valence electrons. The summed E-state index contributed by atoms with van der Waals surface area (Å²) in [5.74, 6) is -0.354. The number of anilines is 1. The van der Waals surface area contributed by atoms with Gasteiger partial charge >= 0.3 is 12.0 Å². The monoisotopic (exact) mass is 298 g/mol. The fourth-order valence-electron chi connectivity index (χ4n) is 1.93. The maximum absolute atomic E-state index is 11.7. The van der Waals surface area contributed by atoms with E-state index in [9.17, 15) is 9.59 Å². The summed E-state index contributed by atoms with van der Waals surface area (Å²) in [7, 11) is 1.32. The number of urea groups is 1. The maximum atomic E-state index is 11.7. The van der Waals surface area contributed by atoms with E-state index >= 15 is 0 Å². The minimum atomic E-state index is -0.354. The first-order valence-electron chi connectivity index (χ1n) is 6.96. The third kappa shape index (κ3) is 4.63. The Morgan fingerprint density at radius 2 is 1.59 bits per heavy atom. The number of carbonyl (C=O) groups is 2. The lowest BCUT2D eigenvalue weighted by Gasteiger charge is -2.08. The lowest BCUT2D eigenvalue weighted by atomic mass is 10.1. The Kier molecular flexibility index (Phi) is 5.54. The van der Waals surface area contributed by atoms with Crippen molar-refractivity contribution in [3.05, 3.63) is 54.6 Å². The van der Waals surface area contributed by atoms with Gasteiger partial charge in [-0.2, -0.15) is 0 Å². The number of rotatable bonds is 5. The quantitative estimate of drug-likeness (QED) is 0.834. The molecule has 0 heterocycles. The Labute approximate surface area is 129 Å². The molecule has 5 nitrogen and oxygen atoms in total. The fourth-order valence-corrected chi connectivity index (χ4v) is 1.93. The Morgan fingerprint density at radius 3 is 2.23 bits per heavy atom. The second kappa shape index (κ2) is 7.83. The smallest absolute Gasteiger partial charge is 0.319 e. The minimum absolute atomic E-state index is 0.150. The Morgan fingerprint density at radius 1 is 0.955 bits per heavy atom. The van der Waals surface area contributed by atoms with Crippen LogP contribution in [0.25, 0.3) is 11.1 Å². The highest BCUT2D eigenvalue weighted by Crippen LogP contribution is 2.20. The lowest BCUT2D eigenvalue weighted by molar-refractivity contribution is -0.140. The molecule has 2 N–H and O–H groups in total. The van der Waals surface area contributed by atoms with E-state index in [-0.39, 0.29) is 25.0 Å². The molecule has 0 aliphatic heterocycles. The van der Waals surface area contributed by atoms with Crippen LogP contribution >= 0.6 is 0 Å². The van der Waals surface area contributed by atoms with E-state index in [2.05, 4.69) is 15.4 Å². The molecule has 0 fully saturated rings. The molecule has 0 aliphatic carbocycles. The van der Waals surface area contributed by atoms with Gasteiger partial charge in [0.1, 0.15) is 0 Å². The molecule has 2 aromatic rings. The number of amides is 2. The van der Waals surface area contributed by atoms with Crippen LogP contribution in [0.1, 0.15) is 6.42 Å². The molecule has 2 aromatic carbocycles. The van der Waals surface area contributed by atoms with E-state index in [0.29, 0.717) is 5.69 Å². The van der Waals surface area contributed by atoms with E-state index in [1.165, 1.54) is 7.11 Å². The number of nitrogens with one attached hydrogen (secondary N) is 2. The van der Waals surface area contributed by atoms with Gasteiger partial charge in [-0.25, -0.2) is 4.79 Å². The molecule has 22 heavy (non-hydrogen) atoms. The fraction of sp³-hybridized carbons (Fsp3) is 0.176. The summed E-state index contributed by atoms with van der Waals surface area (Å²) in [5, 5.41) is 5.30. The van der Waals surface area contributed by atoms with Gasteiger partial charge in [-0.15, -0.1) is 0 Å². The average molecular weight is 298 g/mol. The maximum Gasteiger partial charge on any atom is 0.319 e. The van der Waals surface area contributed by atoms with E-state index in [1.807, 2.05) is 54.6 Å². The number of ether oxygens (including phenoxy) is 1. The van der Waals surface area contributed by atoms with Crippen LogP contribution in [-0.2, 0) is 9.53 Å². The van der Waals surface area contributed by atoms with Crippen LogP contribution < -0.4 is 10.6 Å². The van der Waals surface area contributed by atoms with Crippen molar-refractivity contribution in [2.24, 2.45) is 0 Å². The molecule has 0 radical (unpaired) electrons. The molecule has 0 aliphatic rings. The van der Waals surface area contributed by atoms with E-state index in [0.717, 1.165) is 11.1 Å². The van der Waals surface area contributed by atoms with Gasteiger partial charge < -0.3 is 15.4 Å². The van der Waals surface area contributed by atoms with Gasteiger partial charge in [-0.05, 0) is 23.3 Å². The van der Waals surface area contributed by atoms with Crippen molar-refractivity contribution < 1.29 is 14.3 Å².